The fourth-order valence-electron chi connectivity index (χ4n) is 4.37. The van der Waals surface area contributed by atoms with E-state index in [1.807, 2.05) is 0 Å². The summed E-state index contributed by atoms with van der Waals surface area (Å²) < 4.78 is 0. The normalized spacial score (nSPS) is 34.6. The van der Waals surface area contributed by atoms with Crippen molar-refractivity contribution in [3.05, 3.63) is 0 Å². The summed E-state index contributed by atoms with van der Waals surface area (Å²) in [5.74, 6) is 3.16. The molecular weight excluding hydrogens is 202 g/mol. The van der Waals surface area contributed by atoms with Gasteiger partial charge in [0, 0.05) is 0 Å². The van der Waals surface area contributed by atoms with E-state index in [1.165, 1.54) is 44.9 Å². The summed E-state index contributed by atoms with van der Waals surface area (Å²) in [6, 6.07) is 0. The summed E-state index contributed by atoms with van der Waals surface area (Å²) in [5, 5.41) is 0.509. The Bertz CT molecular complexity index is 270. The van der Waals surface area contributed by atoms with Crippen molar-refractivity contribution in [2.75, 3.05) is 0 Å². The minimum Gasteiger partial charge on any atom is -0.0769 e. The van der Waals surface area contributed by atoms with Crippen LogP contribution in [0.25, 0.3) is 0 Å². The highest BCUT2D eigenvalue weighted by Gasteiger charge is 2.45. The summed E-state index contributed by atoms with van der Waals surface area (Å²) in [6.07, 6.45) is 10.4. The summed E-state index contributed by atoms with van der Waals surface area (Å²) in [6.45, 7) is 7.32. The van der Waals surface area contributed by atoms with Crippen LogP contribution in [0.3, 0.4) is 0 Å². The lowest BCUT2D eigenvalue weighted by atomic mass is 9.36. The van der Waals surface area contributed by atoms with Crippen molar-refractivity contribution in [1.82, 2.24) is 0 Å². The fraction of sp³-hybridized carbons (Fsp3) is 1.00. The number of hydrogen-bond acceptors (Lipinski definition) is 0. The number of rotatable bonds is 3. The molecule has 0 aliphatic heterocycles. The molecule has 2 fully saturated rings. The molecular formula is C15H30B2. The second-order valence-corrected chi connectivity index (χ2v) is 7.92. The molecule has 0 spiro atoms. The van der Waals surface area contributed by atoms with Crippen LogP contribution in [0, 0.1) is 23.2 Å². The number of hydrogen-bond donors (Lipinski definition) is 0. The van der Waals surface area contributed by atoms with Gasteiger partial charge < -0.3 is 0 Å². The van der Waals surface area contributed by atoms with Crippen molar-refractivity contribution < 1.29 is 0 Å². The van der Waals surface area contributed by atoms with Crippen LogP contribution in [0.4, 0.5) is 0 Å². The maximum Gasteiger partial charge on any atom is 0.100 e. The molecule has 3 unspecified atom stereocenters. The van der Waals surface area contributed by atoms with Gasteiger partial charge in [-0.1, -0.05) is 58.1 Å². The predicted molar refractivity (Wildman–Crippen MR) is 82.0 cm³/mol. The van der Waals surface area contributed by atoms with E-state index in [9.17, 15) is 0 Å². The maximum atomic E-state index is 2.54. The van der Waals surface area contributed by atoms with Crippen molar-refractivity contribution >= 4 is 15.7 Å². The van der Waals surface area contributed by atoms with Crippen molar-refractivity contribution in [2.24, 2.45) is 23.2 Å². The monoisotopic (exact) mass is 232 g/mol. The minimum atomic E-state index is 0.489. The van der Waals surface area contributed by atoms with Gasteiger partial charge in [0.2, 0.25) is 0 Å². The van der Waals surface area contributed by atoms with Gasteiger partial charge in [-0.15, -0.1) is 0 Å². The lowest BCUT2D eigenvalue weighted by Crippen LogP contribution is -2.41. The third-order valence-electron chi connectivity index (χ3n) is 6.94. The summed E-state index contributed by atoms with van der Waals surface area (Å²) >= 11 is 0. The van der Waals surface area contributed by atoms with Crippen molar-refractivity contribution in [3.8, 4) is 0 Å². The largest absolute Gasteiger partial charge is 0.100 e. The molecule has 0 heterocycles. The summed E-state index contributed by atoms with van der Waals surface area (Å²) in [5.41, 5.74) is 0.489. The van der Waals surface area contributed by atoms with Crippen LogP contribution in [-0.4, -0.2) is 15.7 Å². The Morgan fingerprint density at radius 2 is 1.65 bits per heavy atom. The van der Waals surface area contributed by atoms with E-state index in [-0.39, 0.29) is 0 Å². The van der Waals surface area contributed by atoms with Gasteiger partial charge >= 0.3 is 0 Å². The molecule has 2 heteroatoms. The Kier molecular flexibility index (Phi) is 3.72. The molecule has 2 saturated carbocycles. The Labute approximate surface area is 110 Å². The van der Waals surface area contributed by atoms with Crippen LogP contribution < -0.4 is 0 Å². The van der Waals surface area contributed by atoms with Crippen LogP contribution in [0.2, 0.25) is 5.21 Å². The molecule has 17 heavy (non-hydrogen) atoms. The molecule has 0 bridgehead atoms. The van der Waals surface area contributed by atoms with E-state index in [1.54, 1.807) is 0 Å². The SMILES string of the molecule is BC(B)(C1CCC2CCCC2C1)C(C)(C)CC. The second kappa shape index (κ2) is 4.67. The first-order valence-electron chi connectivity index (χ1n) is 7.88. The Hall–Kier alpha value is 0.130. The molecule has 0 nitrogen and oxygen atoms in total. The lowest BCUT2D eigenvalue weighted by Gasteiger charge is -2.50. The van der Waals surface area contributed by atoms with Crippen LogP contribution in [0.5, 0.6) is 0 Å². The van der Waals surface area contributed by atoms with Gasteiger partial charge in [-0.25, -0.2) is 0 Å². The van der Waals surface area contributed by atoms with Crippen molar-refractivity contribution in [2.45, 2.75) is 70.9 Å². The van der Waals surface area contributed by atoms with Crippen molar-refractivity contribution in [3.63, 3.8) is 0 Å². The minimum absolute atomic E-state index is 0.489. The topological polar surface area (TPSA) is 0 Å². The standard InChI is InChI=1S/C15H30B2/c1-4-14(2,3)15(16,17)13-9-8-11-6-5-7-12(11)10-13/h11-13H,4-10,16-17H2,1-3H3. The third-order valence-corrected chi connectivity index (χ3v) is 6.94. The average Bonchev–Trinajstić information content (AvgIpc) is 2.75. The molecule has 96 valence electrons. The third kappa shape index (κ3) is 2.34. The predicted octanol–water partition coefficient (Wildman–Crippen LogP) is 3.02. The van der Waals surface area contributed by atoms with Gasteiger partial charge in [-0.2, -0.15) is 0 Å². The van der Waals surface area contributed by atoms with Gasteiger partial charge in [0.1, 0.15) is 15.7 Å². The Morgan fingerprint density at radius 3 is 2.29 bits per heavy atom. The Morgan fingerprint density at radius 1 is 1.00 bits per heavy atom. The van der Waals surface area contributed by atoms with E-state index in [0.717, 1.165) is 17.8 Å². The number of fused-ring (bicyclic) bond motifs is 1. The van der Waals surface area contributed by atoms with E-state index in [2.05, 4.69) is 36.5 Å². The van der Waals surface area contributed by atoms with Crippen LogP contribution in [-0.2, 0) is 0 Å². The lowest BCUT2D eigenvalue weighted by molar-refractivity contribution is 0.133. The van der Waals surface area contributed by atoms with E-state index in [0.29, 0.717) is 10.6 Å². The first kappa shape index (κ1) is 13.6. The molecule has 3 atom stereocenters. The highest BCUT2D eigenvalue weighted by atomic mass is 14.5. The summed E-state index contributed by atoms with van der Waals surface area (Å²) in [7, 11) is 5.08. The molecule has 0 saturated heterocycles. The molecule has 0 aromatic rings. The van der Waals surface area contributed by atoms with Crippen LogP contribution in [0.1, 0.15) is 65.7 Å². The molecule has 0 amide bonds. The van der Waals surface area contributed by atoms with Gasteiger partial charge in [-0.3, -0.25) is 0 Å². The molecule has 0 aromatic heterocycles. The Balaban J connectivity index is 2.07. The van der Waals surface area contributed by atoms with E-state index >= 15 is 0 Å². The van der Waals surface area contributed by atoms with Gasteiger partial charge in [-0.05, 0) is 36.0 Å². The van der Waals surface area contributed by atoms with Crippen LogP contribution in [0.15, 0.2) is 0 Å². The second-order valence-electron chi connectivity index (χ2n) is 7.92. The zero-order valence-corrected chi connectivity index (χ0v) is 12.7. The zero-order chi connectivity index (χ0) is 12.7. The first-order valence-corrected chi connectivity index (χ1v) is 7.88. The molecule has 2 rings (SSSR count). The average molecular weight is 232 g/mol. The molecule has 0 N–H and O–H groups in total. The summed E-state index contributed by atoms with van der Waals surface area (Å²) in [4.78, 5) is 0. The van der Waals surface area contributed by atoms with E-state index < -0.39 is 0 Å². The van der Waals surface area contributed by atoms with Gasteiger partial charge in [0.25, 0.3) is 0 Å². The molecule has 0 aromatic carbocycles. The molecule has 0 radical (unpaired) electrons. The molecule has 2 aliphatic rings. The smallest absolute Gasteiger partial charge is 0.0769 e. The maximum absolute atomic E-state index is 2.54. The fourth-order valence-corrected chi connectivity index (χ4v) is 4.37. The van der Waals surface area contributed by atoms with Gasteiger partial charge in [0.15, 0.2) is 0 Å². The van der Waals surface area contributed by atoms with Crippen molar-refractivity contribution in [1.29, 1.82) is 0 Å². The van der Waals surface area contributed by atoms with E-state index in [4.69, 9.17) is 0 Å². The zero-order valence-electron chi connectivity index (χ0n) is 12.7. The quantitative estimate of drug-likeness (QED) is 0.656. The highest BCUT2D eigenvalue weighted by molar-refractivity contribution is 6.40. The highest BCUT2D eigenvalue weighted by Crippen LogP contribution is 2.56. The van der Waals surface area contributed by atoms with Crippen LogP contribution >= 0.6 is 0 Å². The van der Waals surface area contributed by atoms with Gasteiger partial charge in [0.05, 0.1) is 0 Å². The molecule has 2 aliphatic carbocycles. The first-order chi connectivity index (χ1) is 7.88.